The first-order valence-corrected chi connectivity index (χ1v) is 11.7. The van der Waals surface area contributed by atoms with Crippen LogP contribution in [0.25, 0.3) is 11.0 Å². The topological polar surface area (TPSA) is 112 Å². The molecule has 10 heteroatoms. The highest BCUT2D eigenvalue weighted by Gasteiger charge is 2.36. The minimum absolute atomic E-state index is 0.147. The summed E-state index contributed by atoms with van der Waals surface area (Å²) >= 11 is 0. The number of benzene rings is 1. The summed E-state index contributed by atoms with van der Waals surface area (Å²) in [6.07, 6.45) is 12.0. The highest BCUT2D eigenvalue weighted by atomic mass is 16.6. The average Bonchev–Trinajstić information content (AvgIpc) is 3.29. The molecule has 186 valence electrons. The minimum atomic E-state index is -0.511. The van der Waals surface area contributed by atoms with Crippen molar-refractivity contribution in [2.45, 2.75) is 31.8 Å². The van der Waals surface area contributed by atoms with Crippen LogP contribution in [0.5, 0.6) is 5.88 Å². The third kappa shape index (κ3) is 5.17. The van der Waals surface area contributed by atoms with Gasteiger partial charge in [0.1, 0.15) is 12.4 Å². The van der Waals surface area contributed by atoms with Crippen LogP contribution in [0.1, 0.15) is 24.8 Å². The summed E-state index contributed by atoms with van der Waals surface area (Å²) < 4.78 is 22.0. The van der Waals surface area contributed by atoms with Crippen LogP contribution < -0.4 is 10.1 Å². The molecule has 0 saturated carbocycles. The Balaban J connectivity index is 1.12. The van der Waals surface area contributed by atoms with Gasteiger partial charge in [0.05, 0.1) is 37.3 Å². The van der Waals surface area contributed by atoms with E-state index in [0.717, 1.165) is 24.0 Å². The highest BCUT2D eigenvalue weighted by Crippen LogP contribution is 2.29. The molecule has 5 rings (SSSR count). The smallest absolute Gasteiger partial charge is 0.417 e. The molecule has 0 bridgehead atoms. The second kappa shape index (κ2) is 10.5. The Morgan fingerprint density at radius 1 is 1.31 bits per heavy atom. The normalized spacial score (nSPS) is 19.0. The van der Waals surface area contributed by atoms with E-state index in [1.54, 1.807) is 6.20 Å². The summed E-state index contributed by atoms with van der Waals surface area (Å²) in [5, 5.41) is 2.89. The first-order valence-electron chi connectivity index (χ1n) is 11.7. The molecular formula is C26H26N4O6. The predicted molar refractivity (Wildman–Crippen MR) is 129 cm³/mol. The number of ether oxygens (including phenoxy) is 4. The van der Waals surface area contributed by atoms with Crippen LogP contribution in [0.15, 0.2) is 72.4 Å². The minimum Gasteiger partial charge on any atom is -0.480 e. The maximum Gasteiger partial charge on any atom is 0.417 e. The molecule has 36 heavy (non-hydrogen) atoms. The van der Waals surface area contributed by atoms with E-state index in [0.29, 0.717) is 42.2 Å². The number of hydrogen-bond donors (Lipinski definition) is 1. The van der Waals surface area contributed by atoms with Gasteiger partial charge in [0.25, 0.3) is 0 Å². The molecule has 2 aliphatic heterocycles. The quantitative estimate of drug-likeness (QED) is 0.599. The van der Waals surface area contributed by atoms with Gasteiger partial charge >= 0.3 is 6.09 Å². The van der Waals surface area contributed by atoms with Crippen molar-refractivity contribution >= 4 is 23.0 Å². The van der Waals surface area contributed by atoms with Crippen LogP contribution in [-0.4, -0.2) is 53.2 Å². The van der Waals surface area contributed by atoms with Crippen LogP contribution in [0.2, 0.25) is 0 Å². The Morgan fingerprint density at radius 2 is 2.22 bits per heavy atom. The van der Waals surface area contributed by atoms with Gasteiger partial charge in [-0.3, -0.25) is 4.79 Å². The maximum atomic E-state index is 12.6. The van der Waals surface area contributed by atoms with E-state index < -0.39 is 6.09 Å². The number of amides is 2. The third-order valence-corrected chi connectivity index (χ3v) is 6.01. The number of hydrogen-bond acceptors (Lipinski definition) is 8. The van der Waals surface area contributed by atoms with Crippen molar-refractivity contribution in [2.24, 2.45) is 0 Å². The fraction of sp³-hybridized carbons (Fsp3) is 0.308. The van der Waals surface area contributed by atoms with E-state index in [4.69, 9.17) is 18.9 Å². The number of cyclic esters (lactones) is 1. The molecule has 0 spiro atoms. The average molecular weight is 491 g/mol. The number of para-hydroxylation sites is 1. The molecular weight excluding hydrogens is 464 g/mol. The van der Waals surface area contributed by atoms with Crippen molar-refractivity contribution < 1.29 is 28.5 Å². The van der Waals surface area contributed by atoms with E-state index in [9.17, 15) is 9.59 Å². The number of nitrogens with zero attached hydrogens (tertiary/aromatic N) is 3. The number of carbonyl (C=O) groups is 2. The second-order valence-electron chi connectivity index (χ2n) is 8.46. The van der Waals surface area contributed by atoms with Gasteiger partial charge < -0.3 is 24.3 Å². The lowest BCUT2D eigenvalue weighted by atomic mass is 10.0. The number of rotatable bonds is 8. The standard InChI is InChI=1S/C26H26N4O6/c1-33-23-13-28-20-9-5-8-18(25(20)29-23)12-22(31)27-11-10-19-14-30(26(32)35-19)24-16-34-15-21(36-24)17-6-3-2-4-7-17/h2-3,5-6,8-9,13,15-16,19H,4,7,10-12,14H2,1H3,(H,27,31)/t19-/m1/s1. The van der Waals surface area contributed by atoms with E-state index in [-0.39, 0.29) is 24.3 Å². The molecule has 2 amide bonds. The van der Waals surface area contributed by atoms with Gasteiger partial charge in [-0.2, -0.15) is 0 Å². The monoisotopic (exact) mass is 490 g/mol. The van der Waals surface area contributed by atoms with Gasteiger partial charge in [-0.25, -0.2) is 19.7 Å². The molecule has 3 heterocycles. The van der Waals surface area contributed by atoms with Crippen molar-refractivity contribution in [1.29, 1.82) is 0 Å². The zero-order valence-electron chi connectivity index (χ0n) is 19.8. The van der Waals surface area contributed by atoms with Gasteiger partial charge in [-0.15, -0.1) is 0 Å². The molecule has 1 fully saturated rings. The summed E-state index contributed by atoms with van der Waals surface area (Å²) in [7, 11) is 1.52. The number of aromatic nitrogens is 2. The fourth-order valence-corrected chi connectivity index (χ4v) is 4.16. The fourth-order valence-electron chi connectivity index (χ4n) is 4.16. The van der Waals surface area contributed by atoms with Gasteiger partial charge in [-0.1, -0.05) is 30.4 Å². The van der Waals surface area contributed by atoms with Crippen LogP contribution >= 0.6 is 0 Å². The summed E-state index contributed by atoms with van der Waals surface area (Å²) in [4.78, 5) is 35.2. The highest BCUT2D eigenvalue weighted by molar-refractivity contribution is 5.86. The summed E-state index contributed by atoms with van der Waals surface area (Å²) in [5.74, 6) is 1.09. The molecule has 1 N–H and O–H groups in total. The zero-order valence-corrected chi connectivity index (χ0v) is 19.8. The van der Waals surface area contributed by atoms with Crippen molar-refractivity contribution in [1.82, 2.24) is 20.2 Å². The second-order valence-corrected chi connectivity index (χ2v) is 8.46. The lowest BCUT2D eigenvalue weighted by molar-refractivity contribution is -0.120. The Bertz CT molecular complexity index is 1300. The van der Waals surface area contributed by atoms with E-state index in [2.05, 4.69) is 21.4 Å². The molecule has 1 saturated heterocycles. The predicted octanol–water partition coefficient (Wildman–Crippen LogP) is 3.47. The van der Waals surface area contributed by atoms with Crippen LogP contribution in [0.4, 0.5) is 4.79 Å². The van der Waals surface area contributed by atoms with Crippen molar-refractivity contribution in [3.8, 4) is 5.88 Å². The lowest BCUT2D eigenvalue weighted by Gasteiger charge is -2.23. The zero-order chi connectivity index (χ0) is 24.9. The number of methoxy groups -OCH3 is 1. The molecule has 1 aromatic heterocycles. The number of nitrogens with one attached hydrogen (secondary N) is 1. The van der Waals surface area contributed by atoms with Crippen LogP contribution in [0, 0.1) is 0 Å². The molecule has 1 atom stereocenters. The molecule has 3 aliphatic rings. The number of allylic oxidation sites excluding steroid dienone is 4. The first-order chi connectivity index (χ1) is 17.6. The summed E-state index contributed by atoms with van der Waals surface area (Å²) in [6, 6.07) is 5.52. The maximum absolute atomic E-state index is 12.6. The Labute approximate surface area is 207 Å². The Kier molecular flexibility index (Phi) is 6.83. The molecule has 10 nitrogen and oxygen atoms in total. The SMILES string of the molecule is COc1cnc2cccc(CC(=O)NCC[C@@H]3CN(C4=COC=C(C5=CC=CCC5)O4)C(=O)O3)c2n1. The van der Waals surface area contributed by atoms with Crippen molar-refractivity contribution in [2.75, 3.05) is 20.2 Å². The van der Waals surface area contributed by atoms with E-state index in [1.165, 1.54) is 24.5 Å². The van der Waals surface area contributed by atoms with Gasteiger partial charge in [0, 0.05) is 13.0 Å². The first kappa shape index (κ1) is 23.4. The Morgan fingerprint density at radius 3 is 3.06 bits per heavy atom. The molecule has 1 aliphatic carbocycles. The van der Waals surface area contributed by atoms with Crippen LogP contribution in [-0.2, 0) is 25.4 Å². The number of fused-ring (bicyclic) bond motifs is 1. The molecule has 0 unspecified atom stereocenters. The largest absolute Gasteiger partial charge is 0.480 e. The van der Waals surface area contributed by atoms with Gasteiger partial charge in [0.2, 0.25) is 17.7 Å². The Hall–Kier alpha value is -4.34. The van der Waals surface area contributed by atoms with Crippen LogP contribution in [0.3, 0.4) is 0 Å². The van der Waals surface area contributed by atoms with Crippen molar-refractivity contribution in [3.05, 3.63) is 77.9 Å². The van der Waals surface area contributed by atoms with E-state index >= 15 is 0 Å². The summed E-state index contributed by atoms with van der Waals surface area (Å²) in [6.45, 7) is 0.653. The molecule has 2 aromatic rings. The van der Waals surface area contributed by atoms with Gasteiger partial charge in [-0.05, 0) is 30.0 Å². The van der Waals surface area contributed by atoms with E-state index in [1.807, 2.05) is 30.4 Å². The lowest BCUT2D eigenvalue weighted by Crippen LogP contribution is -2.30. The van der Waals surface area contributed by atoms with Gasteiger partial charge in [0.15, 0.2) is 12.0 Å². The molecule has 1 aromatic carbocycles. The molecule has 0 radical (unpaired) electrons. The summed E-state index contributed by atoms with van der Waals surface area (Å²) in [5.41, 5.74) is 3.08. The van der Waals surface area contributed by atoms with Crippen molar-refractivity contribution in [3.63, 3.8) is 0 Å². The number of carbonyl (C=O) groups excluding carboxylic acids is 2. The third-order valence-electron chi connectivity index (χ3n) is 6.01.